The van der Waals surface area contributed by atoms with Crippen molar-refractivity contribution in [1.29, 1.82) is 0 Å². The zero-order chi connectivity index (χ0) is 30.3. The lowest BCUT2D eigenvalue weighted by molar-refractivity contribution is 0.0388. The van der Waals surface area contributed by atoms with Crippen molar-refractivity contribution in [1.82, 2.24) is 0 Å². The zero-order valence-corrected chi connectivity index (χ0v) is 24.5. The molecular formula is C30H52O11. The van der Waals surface area contributed by atoms with Gasteiger partial charge < -0.3 is 49.6 Å². The fourth-order valence-electron chi connectivity index (χ4n) is 3.95. The molecule has 41 heavy (non-hydrogen) atoms. The molecule has 1 aromatic carbocycles. The van der Waals surface area contributed by atoms with Gasteiger partial charge in [-0.15, -0.1) is 0 Å². The average Bonchev–Trinajstić information content (AvgIpc) is 2.99. The van der Waals surface area contributed by atoms with Gasteiger partial charge in [-0.1, -0.05) is 77.6 Å². The van der Waals surface area contributed by atoms with Gasteiger partial charge in [0.15, 0.2) is 11.5 Å². The monoisotopic (exact) mass is 588 g/mol. The Morgan fingerprint density at radius 3 is 1.44 bits per heavy atom. The largest absolute Gasteiger partial charge is 0.487 e. The first kappa shape index (κ1) is 36.9. The first-order valence-electron chi connectivity index (χ1n) is 15.0. The predicted octanol–water partition coefficient (Wildman–Crippen LogP) is 2.74. The van der Waals surface area contributed by atoms with Gasteiger partial charge in [-0.25, -0.2) is 4.79 Å². The number of carbonyl (C=O) groups excluding carboxylic acids is 1. The van der Waals surface area contributed by atoms with E-state index in [2.05, 4.69) is 6.92 Å². The molecule has 0 saturated heterocycles. The van der Waals surface area contributed by atoms with Gasteiger partial charge in [0.1, 0.15) is 38.1 Å². The molecule has 0 saturated carbocycles. The summed E-state index contributed by atoms with van der Waals surface area (Å²) >= 11 is 0. The maximum atomic E-state index is 12.8. The van der Waals surface area contributed by atoms with Crippen LogP contribution in [0.4, 0.5) is 0 Å². The lowest BCUT2D eigenvalue weighted by Crippen LogP contribution is -2.25. The van der Waals surface area contributed by atoms with Crippen molar-refractivity contribution in [2.45, 2.75) is 102 Å². The lowest BCUT2D eigenvalue weighted by Gasteiger charge is -2.20. The van der Waals surface area contributed by atoms with Crippen molar-refractivity contribution in [3.63, 3.8) is 0 Å². The van der Waals surface area contributed by atoms with Gasteiger partial charge in [0.05, 0.1) is 32.0 Å². The number of aliphatic hydroxyl groups excluding tert-OH is 6. The van der Waals surface area contributed by atoms with Crippen LogP contribution in [0.2, 0.25) is 0 Å². The van der Waals surface area contributed by atoms with E-state index in [1.165, 1.54) is 63.5 Å². The van der Waals surface area contributed by atoms with E-state index in [-0.39, 0.29) is 49.2 Å². The predicted molar refractivity (Wildman–Crippen MR) is 154 cm³/mol. The molecule has 0 radical (unpaired) electrons. The second-order valence-electron chi connectivity index (χ2n) is 10.3. The van der Waals surface area contributed by atoms with E-state index >= 15 is 0 Å². The molecule has 11 nitrogen and oxygen atoms in total. The highest BCUT2D eigenvalue weighted by atomic mass is 16.6. The number of hydrogen-bond acceptors (Lipinski definition) is 11. The minimum absolute atomic E-state index is 0.0454. The third-order valence-corrected chi connectivity index (χ3v) is 6.40. The topological polar surface area (TPSA) is 175 Å². The Bertz CT molecular complexity index is 770. The van der Waals surface area contributed by atoms with Gasteiger partial charge in [0, 0.05) is 0 Å². The van der Waals surface area contributed by atoms with E-state index in [0.717, 1.165) is 25.7 Å². The third-order valence-electron chi connectivity index (χ3n) is 6.40. The number of hydrogen-bond donors (Lipinski definition) is 6. The number of rotatable bonds is 26. The zero-order valence-electron chi connectivity index (χ0n) is 24.5. The molecule has 0 aliphatic heterocycles. The number of unbranched alkanes of at least 4 members (excludes halogenated alkanes) is 11. The molecule has 0 aliphatic rings. The van der Waals surface area contributed by atoms with Crippen LogP contribution in [-0.2, 0) is 4.74 Å². The van der Waals surface area contributed by atoms with Crippen LogP contribution in [0.3, 0.4) is 0 Å². The number of benzene rings is 1. The van der Waals surface area contributed by atoms with Crippen LogP contribution in [0.25, 0.3) is 0 Å². The number of esters is 1. The first-order valence-corrected chi connectivity index (χ1v) is 15.0. The van der Waals surface area contributed by atoms with Crippen LogP contribution >= 0.6 is 0 Å². The van der Waals surface area contributed by atoms with Gasteiger partial charge in [0.25, 0.3) is 0 Å². The summed E-state index contributed by atoms with van der Waals surface area (Å²) in [7, 11) is 0. The van der Waals surface area contributed by atoms with Crippen molar-refractivity contribution in [2.75, 3.05) is 46.2 Å². The summed E-state index contributed by atoms with van der Waals surface area (Å²) in [5.41, 5.74) is 0.0565. The van der Waals surface area contributed by atoms with Crippen LogP contribution in [0.15, 0.2) is 12.1 Å². The van der Waals surface area contributed by atoms with Gasteiger partial charge in [0.2, 0.25) is 5.75 Å². The molecule has 3 atom stereocenters. The number of aliphatic hydroxyl groups is 6. The highest BCUT2D eigenvalue weighted by molar-refractivity contribution is 5.91. The smallest absolute Gasteiger partial charge is 0.338 e. The van der Waals surface area contributed by atoms with E-state index in [9.17, 15) is 20.1 Å². The van der Waals surface area contributed by atoms with E-state index < -0.39 is 44.1 Å². The molecule has 1 rings (SSSR count). The molecule has 0 aliphatic carbocycles. The molecule has 11 heteroatoms. The molecule has 6 N–H and O–H groups in total. The summed E-state index contributed by atoms with van der Waals surface area (Å²) in [6.07, 6.45) is 10.6. The van der Waals surface area contributed by atoms with Crippen molar-refractivity contribution in [2.24, 2.45) is 0 Å². The SMILES string of the molecule is CCCCCCCCCCCCCCOC(=O)c1cc(OCC(O)CO)c(OCC(O)CO)c(OCC(O)CO)c1. The average molecular weight is 589 g/mol. The highest BCUT2D eigenvalue weighted by Gasteiger charge is 2.22. The molecule has 1 aromatic rings. The van der Waals surface area contributed by atoms with Crippen LogP contribution < -0.4 is 14.2 Å². The Morgan fingerprint density at radius 2 is 1.02 bits per heavy atom. The summed E-state index contributed by atoms with van der Waals surface area (Å²) in [6.45, 7) is -0.269. The lowest BCUT2D eigenvalue weighted by atomic mass is 10.1. The minimum atomic E-state index is -1.22. The van der Waals surface area contributed by atoms with E-state index in [1.54, 1.807) is 0 Å². The molecule has 238 valence electrons. The first-order chi connectivity index (χ1) is 19.9. The Balaban J connectivity index is 2.73. The summed E-state index contributed by atoms with van der Waals surface area (Å²) in [5.74, 6) is -0.799. The van der Waals surface area contributed by atoms with E-state index in [4.69, 9.17) is 34.3 Å². The molecule has 0 amide bonds. The van der Waals surface area contributed by atoms with Crippen LogP contribution in [0.5, 0.6) is 17.2 Å². The molecule has 3 unspecified atom stereocenters. The normalized spacial score (nSPS) is 13.4. The third kappa shape index (κ3) is 16.8. The number of ether oxygens (including phenoxy) is 4. The molecule has 0 fully saturated rings. The van der Waals surface area contributed by atoms with Gasteiger partial charge in [-0.05, 0) is 18.6 Å². The van der Waals surface area contributed by atoms with Gasteiger partial charge >= 0.3 is 5.97 Å². The van der Waals surface area contributed by atoms with Crippen molar-refractivity contribution in [3.05, 3.63) is 17.7 Å². The Kier molecular flexibility index (Phi) is 21.1. The minimum Gasteiger partial charge on any atom is -0.487 e. The Labute approximate surface area is 244 Å². The summed E-state index contributed by atoms with van der Waals surface area (Å²) in [4.78, 5) is 12.8. The van der Waals surface area contributed by atoms with Crippen molar-refractivity contribution < 1.29 is 54.4 Å². The maximum absolute atomic E-state index is 12.8. The molecule has 0 spiro atoms. The standard InChI is InChI=1S/C30H52O11/c1-2-3-4-5-6-7-8-9-10-11-12-13-14-38-30(37)23-15-27(39-20-24(34)17-31)29(41-22-26(36)19-33)28(16-23)40-21-25(35)18-32/h15-16,24-26,31-36H,2-14,17-22H2,1H3. The van der Waals surface area contributed by atoms with Gasteiger partial charge in [-0.2, -0.15) is 0 Å². The fraction of sp³-hybridized carbons (Fsp3) is 0.767. The van der Waals surface area contributed by atoms with Crippen molar-refractivity contribution >= 4 is 5.97 Å². The summed E-state index contributed by atoms with van der Waals surface area (Å²) in [6, 6.07) is 2.65. The highest BCUT2D eigenvalue weighted by Crippen LogP contribution is 2.39. The summed E-state index contributed by atoms with van der Waals surface area (Å²) in [5, 5.41) is 56.6. The van der Waals surface area contributed by atoms with Crippen LogP contribution in [0, 0.1) is 0 Å². The molecule has 0 aromatic heterocycles. The number of carbonyl (C=O) groups is 1. The van der Waals surface area contributed by atoms with Gasteiger partial charge in [-0.3, -0.25) is 0 Å². The Hall–Kier alpha value is -2.15. The van der Waals surface area contributed by atoms with Crippen LogP contribution in [-0.4, -0.2) is 101 Å². The quantitative estimate of drug-likeness (QED) is 0.0693. The second-order valence-corrected chi connectivity index (χ2v) is 10.3. The molecule has 0 heterocycles. The van der Waals surface area contributed by atoms with E-state index in [1.807, 2.05) is 0 Å². The maximum Gasteiger partial charge on any atom is 0.338 e. The van der Waals surface area contributed by atoms with Crippen molar-refractivity contribution in [3.8, 4) is 17.2 Å². The summed E-state index contributed by atoms with van der Waals surface area (Å²) < 4.78 is 22.1. The Morgan fingerprint density at radius 1 is 0.634 bits per heavy atom. The van der Waals surface area contributed by atoms with Crippen LogP contribution in [0.1, 0.15) is 94.3 Å². The molecular weight excluding hydrogens is 536 g/mol. The van der Waals surface area contributed by atoms with E-state index in [0.29, 0.717) is 0 Å². The second kappa shape index (κ2) is 23.4. The molecule has 0 bridgehead atoms. The fourth-order valence-corrected chi connectivity index (χ4v) is 3.95.